The fourth-order valence-corrected chi connectivity index (χ4v) is 1.99. The predicted octanol–water partition coefficient (Wildman–Crippen LogP) is 1.28. The lowest BCUT2D eigenvalue weighted by Gasteiger charge is -2.07. The minimum atomic E-state index is -3.74. The van der Waals surface area contributed by atoms with E-state index in [9.17, 15) is 18.0 Å². The van der Waals surface area contributed by atoms with Gasteiger partial charge in [0.15, 0.2) is 0 Å². The van der Waals surface area contributed by atoms with E-state index in [0.717, 1.165) is 0 Å². The van der Waals surface area contributed by atoms with Gasteiger partial charge in [-0.25, -0.2) is 13.6 Å². The second-order valence-electron chi connectivity index (χ2n) is 4.74. The molecule has 1 amide bonds. The maximum Gasteiger partial charge on any atom is 0.238 e. The Bertz CT molecular complexity index is 591. The molecule has 0 aliphatic rings. The van der Waals surface area contributed by atoms with E-state index in [-0.39, 0.29) is 35.3 Å². The van der Waals surface area contributed by atoms with Gasteiger partial charge in [0.25, 0.3) is 0 Å². The Kier molecular flexibility index (Phi) is 5.41. The quantitative estimate of drug-likeness (QED) is 0.824. The van der Waals surface area contributed by atoms with E-state index in [0.29, 0.717) is 5.69 Å². The number of primary sulfonamides is 1. The number of rotatable bonds is 6. The molecule has 0 fully saturated rings. The Balaban J connectivity index is 2.57. The first-order valence-corrected chi connectivity index (χ1v) is 7.70. The molecule has 1 rings (SSSR count). The number of Topliss-reactive ketones (excluding diaryl/α,β-unsaturated/α-hetero) is 1. The molecule has 0 heterocycles. The fourth-order valence-electron chi connectivity index (χ4n) is 1.48. The van der Waals surface area contributed by atoms with Crippen LogP contribution in [0.1, 0.15) is 26.7 Å². The molecule has 110 valence electrons. The summed E-state index contributed by atoms with van der Waals surface area (Å²) in [6.45, 7) is 3.57. The van der Waals surface area contributed by atoms with Gasteiger partial charge in [-0.15, -0.1) is 0 Å². The summed E-state index contributed by atoms with van der Waals surface area (Å²) < 4.78 is 22.1. The average Bonchev–Trinajstić information content (AvgIpc) is 2.35. The Morgan fingerprint density at radius 2 is 1.70 bits per heavy atom. The SMILES string of the molecule is CC(C)C(=O)CCC(=O)Nc1ccc(S(N)(=O)=O)cc1. The number of ketones is 1. The van der Waals surface area contributed by atoms with Crippen LogP contribution in [0.25, 0.3) is 0 Å². The summed E-state index contributed by atoms with van der Waals surface area (Å²) in [6, 6.07) is 5.51. The third-order valence-corrected chi connectivity index (χ3v) is 3.64. The Hall–Kier alpha value is -1.73. The van der Waals surface area contributed by atoms with Gasteiger partial charge in [-0.1, -0.05) is 13.8 Å². The van der Waals surface area contributed by atoms with Crippen LogP contribution in [0.3, 0.4) is 0 Å². The summed E-state index contributed by atoms with van der Waals surface area (Å²) in [7, 11) is -3.74. The molecule has 0 atom stereocenters. The Labute approximate surface area is 118 Å². The van der Waals surface area contributed by atoms with Crippen LogP contribution in [0.4, 0.5) is 5.69 Å². The first-order chi connectivity index (χ1) is 9.20. The molecule has 0 saturated carbocycles. The zero-order chi connectivity index (χ0) is 15.3. The number of nitrogens with one attached hydrogen (secondary N) is 1. The summed E-state index contributed by atoms with van der Waals surface area (Å²) in [5, 5.41) is 7.55. The van der Waals surface area contributed by atoms with E-state index in [2.05, 4.69) is 5.32 Å². The van der Waals surface area contributed by atoms with Crippen LogP contribution < -0.4 is 10.5 Å². The number of amides is 1. The molecule has 0 spiro atoms. The van der Waals surface area contributed by atoms with Gasteiger partial charge < -0.3 is 5.32 Å². The molecular weight excluding hydrogens is 280 g/mol. The zero-order valence-corrected chi connectivity index (χ0v) is 12.2. The van der Waals surface area contributed by atoms with E-state index in [4.69, 9.17) is 5.14 Å². The molecule has 6 nitrogen and oxygen atoms in total. The molecule has 3 N–H and O–H groups in total. The van der Waals surface area contributed by atoms with Gasteiger partial charge >= 0.3 is 0 Å². The number of benzene rings is 1. The lowest BCUT2D eigenvalue weighted by Crippen LogP contribution is -2.16. The number of nitrogens with two attached hydrogens (primary N) is 1. The third-order valence-electron chi connectivity index (χ3n) is 2.71. The highest BCUT2D eigenvalue weighted by atomic mass is 32.2. The predicted molar refractivity (Wildman–Crippen MR) is 75.5 cm³/mol. The first-order valence-electron chi connectivity index (χ1n) is 6.15. The largest absolute Gasteiger partial charge is 0.326 e. The van der Waals surface area contributed by atoms with Crippen molar-refractivity contribution in [3.8, 4) is 0 Å². The second kappa shape index (κ2) is 6.62. The van der Waals surface area contributed by atoms with Crippen molar-refractivity contribution in [2.75, 3.05) is 5.32 Å². The highest BCUT2D eigenvalue weighted by Crippen LogP contribution is 2.13. The van der Waals surface area contributed by atoms with Crippen molar-refractivity contribution in [3.63, 3.8) is 0 Å². The molecule has 1 aromatic carbocycles. The molecule has 0 bridgehead atoms. The van der Waals surface area contributed by atoms with Crippen LogP contribution in [0, 0.1) is 5.92 Å². The van der Waals surface area contributed by atoms with E-state index < -0.39 is 10.0 Å². The minimum absolute atomic E-state index is 0.0227. The van der Waals surface area contributed by atoms with Gasteiger partial charge in [0.1, 0.15) is 5.78 Å². The lowest BCUT2D eigenvalue weighted by molar-refractivity contribution is -0.124. The number of anilines is 1. The van der Waals surface area contributed by atoms with Crippen molar-refractivity contribution in [3.05, 3.63) is 24.3 Å². The molecule has 0 aromatic heterocycles. The number of sulfonamides is 1. The number of hydrogen-bond donors (Lipinski definition) is 2. The molecule has 0 aliphatic heterocycles. The molecule has 20 heavy (non-hydrogen) atoms. The summed E-state index contributed by atoms with van der Waals surface area (Å²) in [4.78, 5) is 23.0. The topological polar surface area (TPSA) is 106 Å². The van der Waals surface area contributed by atoms with Crippen molar-refractivity contribution < 1.29 is 18.0 Å². The number of carbonyl (C=O) groups excluding carboxylic acids is 2. The van der Waals surface area contributed by atoms with Crippen molar-refractivity contribution in [2.24, 2.45) is 11.1 Å². The molecule has 0 radical (unpaired) electrons. The van der Waals surface area contributed by atoms with Crippen LogP contribution in [0.5, 0.6) is 0 Å². The molecule has 1 aromatic rings. The maximum absolute atomic E-state index is 11.6. The monoisotopic (exact) mass is 298 g/mol. The van der Waals surface area contributed by atoms with Gasteiger partial charge in [-0.05, 0) is 24.3 Å². The number of hydrogen-bond acceptors (Lipinski definition) is 4. The van der Waals surface area contributed by atoms with Crippen molar-refractivity contribution >= 4 is 27.4 Å². The Morgan fingerprint density at radius 1 is 1.15 bits per heavy atom. The second-order valence-corrected chi connectivity index (χ2v) is 6.30. The lowest BCUT2D eigenvalue weighted by atomic mass is 10.0. The van der Waals surface area contributed by atoms with Crippen molar-refractivity contribution in [1.82, 2.24) is 0 Å². The van der Waals surface area contributed by atoms with Crippen LogP contribution in [0.2, 0.25) is 0 Å². The molecule has 0 aliphatic carbocycles. The van der Waals surface area contributed by atoms with Crippen LogP contribution >= 0.6 is 0 Å². The molecule has 0 saturated heterocycles. The third kappa shape index (κ3) is 5.10. The van der Waals surface area contributed by atoms with Crippen molar-refractivity contribution in [1.29, 1.82) is 0 Å². The fraction of sp³-hybridized carbons (Fsp3) is 0.385. The highest BCUT2D eigenvalue weighted by Gasteiger charge is 2.11. The van der Waals surface area contributed by atoms with E-state index in [1.807, 2.05) is 0 Å². The normalized spacial score (nSPS) is 11.4. The summed E-state index contributed by atoms with van der Waals surface area (Å²) in [5.74, 6) is -0.344. The number of carbonyl (C=O) groups is 2. The molecule has 0 unspecified atom stereocenters. The highest BCUT2D eigenvalue weighted by molar-refractivity contribution is 7.89. The molecule has 7 heteroatoms. The van der Waals surface area contributed by atoms with E-state index in [1.54, 1.807) is 13.8 Å². The zero-order valence-electron chi connectivity index (χ0n) is 11.4. The minimum Gasteiger partial charge on any atom is -0.326 e. The van der Waals surface area contributed by atoms with Crippen LogP contribution in [-0.4, -0.2) is 20.1 Å². The standard InChI is InChI=1S/C13H18N2O4S/c1-9(2)12(16)7-8-13(17)15-10-3-5-11(6-4-10)20(14,18)19/h3-6,9H,7-8H2,1-2H3,(H,15,17)(H2,14,18,19). The average molecular weight is 298 g/mol. The van der Waals surface area contributed by atoms with Crippen LogP contribution in [0.15, 0.2) is 29.2 Å². The van der Waals surface area contributed by atoms with Gasteiger partial charge in [0, 0.05) is 24.4 Å². The van der Waals surface area contributed by atoms with Gasteiger partial charge in [-0.3, -0.25) is 9.59 Å². The van der Waals surface area contributed by atoms with Crippen molar-refractivity contribution in [2.45, 2.75) is 31.6 Å². The Morgan fingerprint density at radius 3 is 2.15 bits per heavy atom. The van der Waals surface area contributed by atoms with Crippen LogP contribution in [-0.2, 0) is 19.6 Å². The first kappa shape index (κ1) is 16.3. The summed E-state index contributed by atoms with van der Waals surface area (Å²) in [6.07, 6.45) is 0.298. The maximum atomic E-state index is 11.6. The summed E-state index contributed by atoms with van der Waals surface area (Å²) >= 11 is 0. The van der Waals surface area contributed by atoms with E-state index >= 15 is 0 Å². The van der Waals surface area contributed by atoms with Gasteiger partial charge in [0.05, 0.1) is 4.90 Å². The summed E-state index contributed by atoms with van der Waals surface area (Å²) in [5.41, 5.74) is 0.458. The molecular formula is C13H18N2O4S. The van der Waals surface area contributed by atoms with Gasteiger partial charge in [0.2, 0.25) is 15.9 Å². The van der Waals surface area contributed by atoms with Gasteiger partial charge in [-0.2, -0.15) is 0 Å². The van der Waals surface area contributed by atoms with E-state index in [1.165, 1.54) is 24.3 Å². The smallest absolute Gasteiger partial charge is 0.238 e.